The highest BCUT2D eigenvalue weighted by Crippen LogP contribution is 2.32. The maximum absolute atomic E-state index is 14.0. The third kappa shape index (κ3) is 5.67. The normalized spacial score (nSPS) is 14.5. The first-order chi connectivity index (χ1) is 18.3. The highest BCUT2D eigenvalue weighted by Gasteiger charge is 2.30. The lowest BCUT2D eigenvalue weighted by Crippen LogP contribution is -2.33. The third-order valence-corrected chi connectivity index (χ3v) is 6.75. The minimum Gasteiger partial charge on any atom is -0.492 e. The van der Waals surface area contributed by atoms with E-state index < -0.39 is 5.92 Å². The molecule has 7 nitrogen and oxygen atoms in total. The maximum atomic E-state index is 14.0. The first-order valence-corrected chi connectivity index (χ1v) is 12.9. The summed E-state index contributed by atoms with van der Waals surface area (Å²) in [6.07, 6.45) is 5.15. The number of pyridine rings is 1. The first kappa shape index (κ1) is 25.8. The number of fused-ring (bicyclic) bond motifs is 1. The molecule has 0 atom stereocenters. The Morgan fingerprint density at radius 2 is 1.82 bits per heavy atom. The van der Waals surface area contributed by atoms with Crippen molar-refractivity contribution in [3.63, 3.8) is 0 Å². The van der Waals surface area contributed by atoms with E-state index >= 15 is 0 Å². The van der Waals surface area contributed by atoms with Crippen LogP contribution < -0.4 is 10.1 Å². The van der Waals surface area contributed by atoms with Crippen LogP contribution in [0.15, 0.2) is 60.8 Å². The highest BCUT2D eigenvalue weighted by molar-refractivity contribution is 6.10. The van der Waals surface area contributed by atoms with Crippen molar-refractivity contribution in [2.24, 2.45) is 0 Å². The number of alkyl halides is 2. The van der Waals surface area contributed by atoms with E-state index in [9.17, 15) is 13.6 Å². The fraction of sp³-hybridized carbons (Fsp3) is 0.345. The summed E-state index contributed by atoms with van der Waals surface area (Å²) in [4.78, 5) is 19.7. The van der Waals surface area contributed by atoms with Gasteiger partial charge in [-0.2, -0.15) is 13.9 Å². The van der Waals surface area contributed by atoms with E-state index in [4.69, 9.17) is 4.74 Å². The Morgan fingerprint density at radius 1 is 1.05 bits per heavy atom. The van der Waals surface area contributed by atoms with Gasteiger partial charge in [0, 0.05) is 36.1 Å². The maximum Gasteiger partial charge on any atom is 0.287 e. The van der Waals surface area contributed by atoms with E-state index in [1.165, 1.54) is 37.6 Å². The molecule has 1 N–H and O–H groups in total. The molecule has 1 aliphatic rings. The van der Waals surface area contributed by atoms with Gasteiger partial charge in [0.2, 0.25) is 0 Å². The molecule has 0 unspecified atom stereocenters. The Labute approximate surface area is 220 Å². The zero-order chi connectivity index (χ0) is 26.7. The average Bonchev–Trinajstić information content (AvgIpc) is 3.33. The van der Waals surface area contributed by atoms with E-state index in [1.807, 2.05) is 36.4 Å². The summed E-state index contributed by atoms with van der Waals surface area (Å²) < 4.78 is 35.3. The lowest BCUT2D eigenvalue weighted by molar-refractivity contribution is 0.0101. The predicted molar refractivity (Wildman–Crippen MR) is 143 cm³/mol. The Kier molecular flexibility index (Phi) is 7.37. The molecule has 1 amide bonds. The van der Waals surface area contributed by atoms with Crippen LogP contribution in [-0.4, -0.2) is 51.8 Å². The number of piperidine rings is 1. The van der Waals surface area contributed by atoms with Crippen molar-refractivity contribution in [3.8, 4) is 11.6 Å². The number of benzene rings is 2. The van der Waals surface area contributed by atoms with Crippen LogP contribution in [0.25, 0.3) is 16.6 Å². The molecule has 2 aromatic carbocycles. The van der Waals surface area contributed by atoms with E-state index in [-0.39, 0.29) is 17.4 Å². The van der Waals surface area contributed by atoms with Gasteiger partial charge in [0.15, 0.2) is 5.82 Å². The molecule has 1 saturated heterocycles. The number of carbonyl (C=O) groups excluding carboxylic acids is 1. The molecule has 0 radical (unpaired) electrons. The number of hydrogen-bond donors (Lipinski definition) is 1. The topological polar surface area (TPSA) is 72.3 Å². The number of nitrogens with one attached hydrogen (secondary N) is 1. The molecule has 3 heterocycles. The number of likely N-dealkylation sites (tertiary alicyclic amines) is 1. The molecular weight excluding hydrogens is 488 g/mol. The number of amides is 1. The molecule has 1 aliphatic heterocycles. The molecular formula is C29H31F2N5O2. The Hall–Kier alpha value is -3.85. The van der Waals surface area contributed by atoms with Gasteiger partial charge in [-0.15, -0.1) is 0 Å². The van der Waals surface area contributed by atoms with E-state index in [0.29, 0.717) is 23.6 Å². The minimum absolute atomic E-state index is 0.211. The van der Waals surface area contributed by atoms with Crippen molar-refractivity contribution in [2.45, 2.75) is 39.0 Å². The number of aryl methyl sites for hydroxylation is 1. The van der Waals surface area contributed by atoms with Crippen LogP contribution in [0.5, 0.6) is 5.75 Å². The van der Waals surface area contributed by atoms with Crippen LogP contribution in [0, 0.1) is 6.92 Å². The number of carbonyl (C=O) groups is 1. The summed E-state index contributed by atoms with van der Waals surface area (Å²) in [5.74, 6) is -2.45. The number of aromatic nitrogens is 3. The Morgan fingerprint density at radius 3 is 2.53 bits per heavy atom. The number of halogens is 2. The smallest absolute Gasteiger partial charge is 0.287 e. The summed E-state index contributed by atoms with van der Waals surface area (Å²) >= 11 is 0. The van der Waals surface area contributed by atoms with Gasteiger partial charge in [-0.25, -0.2) is 9.67 Å². The van der Waals surface area contributed by atoms with Crippen LogP contribution in [0.1, 0.15) is 47.9 Å². The molecule has 0 bridgehead atoms. The number of ether oxygens (including phenoxy) is 1. The molecule has 198 valence electrons. The largest absolute Gasteiger partial charge is 0.492 e. The molecule has 2 aromatic heterocycles. The first-order valence-electron chi connectivity index (χ1n) is 12.9. The Bertz CT molecular complexity index is 1420. The number of rotatable bonds is 8. The SMILES string of the molecule is Cc1cc(C(C)(F)F)n(-c2ccc(C(=O)Nc3ccc(OCCN4CCCCC4)c4ccccc34)cn2)n1. The fourth-order valence-corrected chi connectivity index (χ4v) is 4.80. The monoisotopic (exact) mass is 519 g/mol. The lowest BCUT2D eigenvalue weighted by atomic mass is 10.1. The second kappa shape index (κ2) is 10.9. The van der Waals surface area contributed by atoms with Gasteiger partial charge in [-0.3, -0.25) is 9.69 Å². The summed E-state index contributed by atoms with van der Waals surface area (Å²) in [7, 11) is 0. The standard InChI is InChI=1S/C29H31F2N5O2/c1-20-18-26(29(2,30)31)36(34-20)27-13-10-21(19-32-27)28(37)33-24-11-12-25(23-9-5-4-8-22(23)24)38-17-16-35-14-6-3-7-15-35/h4-5,8-13,18-19H,3,6-7,14-17H2,1-2H3,(H,33,37). The number of anilines is 1. The van der Waals surface area contributed by atoms with Crippen molar-refractivity contribution >= 4 is 22.4 Å². The van der Waals surface area contributed by atoms with Gasteiger partial charge in [0.1, 0.15) is 18.1 Å². The van der Waals surface area contributed by atoms with E-state index in [0.717, 1.165) is 47.8 Å². The Balaban J connectivity index is 1.30. The van der Waals surface area contributed by atoms with E-state index in [1.54, 1.807) is 13.0 Å². The molecule has 1 fully saturated rings. The zero-order valence-corrected chi connectivity index (χ0v) is 21.6. The van der Waals surface area contributed by atoms with Crippen LogP contribution >= 0.6 is 0 Å². The second-order valence-corrected chi connectivity index (χ2v) is 9.74. The molecule has 5 rings (SSSR count). The summed E-state index contributed by atoms with van der Waals surface area (Å²) in [6.45, 7) is 6.21. The van der Waals surface area contributed by atoms with Gasteiger partial charge >= 0.3 is 0 Å². The zero-order valence-electron chi connectivity index (χ0n) is 21.6. The summed E-state index contributed by atoms with van der Waals surface area (Å²) in [6, 6.07) is 15.9. The quantitative estimate of drug-likeness (QED) is 0.311. The third-order valence-electron chi connectivity index (χ3n) is 6.75. The van der Waals surface area contributed by atoms with Gasteiger partial charge in [0.25, 0.3) is 11.8 Å². The number of nitrogens with zero attached hydrogens (tertiary/aromatic N) is 4. The van der Waals surface area contributed by atoms with Crippen molar-refractivity contribution < 1.29 is 18.3 Å². The van der Waals surface area contributed by atoms with Crippen LogP contribution in [0.4, 0.5) is 14.5 Å². The molecule has 38 heavy (non-hydrogen) atoms. The van der Waals surface area contributed by atoms with Crippen LogP contribution in [-0.2, 0) is 5.92 Å². The molecule has 4 aromatic rings. The molecule has 9 heteroatoms. The summed E-state index contributed by atoms with van der Waals surface area (Å²) in [5.41, 5.74) is 1.14. The van der Waals surface area contributed by atoms with Crippen LogP contribution in [0.2, 0.25) is 0 Å². The summed E-state index contributed by atoms with van der Waals surface area (Å²) in [5, 5.41) is 8.87. The van der Waals surface area contributed by atoms with Crippen LogP contribution in [0.3, 0.4) is 0 Å². The highest BCUT2D eigenvalue weighted by atomic mass is 19.3. The molecule has 0 spiro atoms. The van der Waals surface area contributed by atoms with Crippen molar-refractivity contribution in [1.82, 2.24) is 19.7 Å². The number of hydrogen-bond acceptors (Lipinski definition) is 5. The molecule has 0 saturated carbocycles. The van der Waals surface area contributed by atoms with Gasteiger partial charge < -0.3 is 10.1 Å². The fourth-order valence-electron chi connectivity index (χ4n) is 4.80. The van der Waals surface area contributed by atoms with Crippen molar-refractivity contribution in [3.05, 3.63) is 77.7 Å². The lowest BCUT2D eigenvalue weighted by Gasteiger charge is -2.26. The molecule has 0 aliphatic carbocycles. The van der Waals surface area contributed by atoms with Gasteiger partial charge in [0.05, 0.1) is 11.3 Å². The second-order valence-electron chi connectivity index (χ2n) is 9.74. The van der Waals surface area contributed by atoms with Gasteiger partial charge in [-0.1, -0.05) is 30.7 Å². The van der Waals surface area contributed by atoms with Gasteiger partial charge in [-0.05, 0) is 63.2 Å². The van der Waals surface area contributed by atoms with E-state index in [2.05, 4.69) is 20.3 Å². The van der Waals surface area contributed by atoms with Crippen molar-refractivity contribution in [1.29, 1.82) is 0 Å². The predicted octanol–water partition coefficient (Wildman–Crippen LogP) is 5.96. The minimum atomic E-state index is -3.08. The average molecular weight is 520 g/mol. The van der Waals surface area contributed by atoms with Crippen molar-refractivity contribution in [2.75, 3.05) is 31.6 Å².